The van der Waals surface area contributed by atoms with Crippen LogP contribution in [0.1, 0.15) is 35.3 Å². The molecule has 3 N–H and O–H groups in total. The molecule has 102 valence electrons. The molecule has 1 atom stereocenters. The number of aromatic nitrogens is 1. The maximum absolute atomic E-state index is 11.6. The quantitative estimate of drug-likeness (QED) is 0.688. The zero-order chi connectivity index (χ0) is 14.3. The van der Waals surface area contributed by atoms with Gasteiger partial charge in [-0.2, -0.15) is 0 Å². The van der Waals surface area contributed by atoms with Crippen LogP contribution in [0.3, 0.4) is 0 Å². The second-order valence-electron chi connectivity index (χ2n) is 3.77. The topological polar surface area (TPSA) is 91.3 Å². The molecule has 0 spiro atoms. The summed E-state index contributed by atoms with van der Waals surface area (Å²) in [5, 5.41) is 16.0. The molecule has 0 saturated heterocycles. The van der Waals surface area contributed by atoms with Crippen molar-refractivity contribution in [2.24, 2.45) is 0 Å². The zero-order valence-electron chi connectivity index (χ0n) is 10.5. The Bertz CT molecular complexity index is 493. The average Bonchev–Trinajstić information content (AvgIpc) is 2.84. The van der Waals surface area contributed by atoms with Gasteiger partial charge in [0.2, 0.25) is 0 Å². The van der Waals surface area contributed by atoms with Crippen LogP contribution in [-0.4, -0.2) is 28.1 Å². The van der Waals surface area contributed by atoms with Crippen LogP contribution in [0, 0.1) is 12.3 Å². The zero-order valence-corrected chi connectivity index (χ0v) is 11.3. The van der Waals surface area contributed by atoms with Crippen LogP contribution < -0.4 is 10.6 Å². The monoisotopic (exact) mass is 281 g/mol. The Morgan fingerprint density at radius 2 is 2.37 bits per heavy atom. The molecule has 0 aliphatic heterocycles. The first-order valence-electron chi connectivity index (χ1n) is 5.72. The van der Waals surface area contributed by atoms with E-state index < -0.39 is 5.97 Å². The van der Waals surface area contributed by atoms with Gasteiger partial charge in [-0.1, -0.05) is 6.92 Å². The fourth-order valence-corrected chi connectivity index (χ4v) is 2.03. The molecule has 19 heavy (non-hydrogen) atoms. The SMILES string of the molecule is C#CCC(CC)NC(=O)NCc1nc(C(=O)O)cs1. The molecular formula is C12H15N3O3S. The summed E-state index contributed by atoms with van der Waals surface area (Å²) in [6.45, 7) is 2.12. The number of nitrogens with zero attached hydrogens (tertiary/aromatic N) is 1. The number of hydrogen-bond donors (Lipinski definition) is 3. The van der Waals surface area contributed by atoms with Gasteiger partial charge in [0, 0.05) is 17.8 Å². The number of carboxylic acid groups (broad SMARTS) is 1. The Morgan fingerprint density at radius 1 is 1.63 bits per heavy atom. The molecule has 1 unspecified atom stereocenters. The number of rotatable bonds is 6. The van der Waals surface area contributed by atoms with Crippen LogP contribution in [0.15, 0.2) is 5.38 Å². The Morgan fingerprint density at radius 3 is 2.89 bits per heavy atom. The fourth-order valence-electron chi connectivity index (χ4n) is 1.32. The highest BCUT2D eigenvalue weighted by Crippen LogP contribution is 2.09. The van der Waals surface area contributed by atoms with Gasteiger partial charge in [0.05, 0.1) is 6.54 Å². The van der Waals surface area contributed by atoms with Gasteiger partial charge in [-0.15, -0.1) is 23.7 Å². The van der Waals surface area contributed by atoms with E-state index >= 15 is 0 Å². The van der Waals surface area contributed by atoms with Gasteiger partial charge in [-0.05, 0) is 6.42 Å². The lowest BCUT2D eigenvalue weighted by molar-refractivity contribution is 0.0691. The second-order valence-corrected chi connectivity index (χ2v) is 4.71. The third kappa shape index (κ3) is 4.97. The first-order chi connectivity index (χ1) is 9.06. The largest absolute Gasteiger partial charge is 0.476 e. The van der Waals surface area contributed by atoms with Crippen molar-refractivity contribution in [2.75, 3.05) is 0 Å². The summed E-state index contributed by atoms with van der Waals surface area (Å²) in [6, 6.07) is -0.398. The number of amides is 2. The summed E-state index contributed by atoms with van der Waals surface area (Å²) in [5.41, 5.74) is -0.0130. The van der Waals surface area contributed by atoms with Gasteiger partial charge in [0.1, 0.15) is 5.01 Å². The van der Waals surface area contributed by atoms with E-state index in [1.165, 1.54) is 16.7 Å². The second kappa shape index (κ2) is 7.38. The molecule has 0 radical (unpaired) electrons. The van der Waals surface area contributed by atoms with Crippen LogP contribution in [0.2, 0.25) is 0 Å². The van der Waals surface area contributed by atoms with Crippen LogP contribution in [0.25, 0.3) is 0 Å². The smallest absolute Gasteiger partial charge is 0.355 e. The van der Waals surface area contributed by atoms with E-state index in [4.69, 9.17) is 11.5 Å². The summed E-state index contributed by atoms with van der Waals surface area (Å²) in [5.74, 6) is 1.42. The van der Waals surface area contributed by atoms with Crippen molar-refractivity contribution in [1.82, 2.24) is 15.6 Å². The summed E-state index contributed by atoms with van der Waals surface area (Å²) in [6.07, 6.45) is 6.42. The number of nitrogens with one attached hydrogen (secondary N) is 2. The average molecular weight is 281 g/mol. The summed E-state index contributed by atoms with van der Waals surface area (Å²) >= 11 is 1.19. The molecule has 0 fully saturated rings. The van der Waals surface area contributed by atoms with Gasteiger partial charge in [-0.3, -0.25) is 0 Å². The molecule has 0 bridgehead atoms. The molecule has 0 aliphatic carbocycles. The van der Waals surface area contributed by atoms with E-state index in [9.17, 15) is 9.59 Å². The van der Waals surface area contributed by atoms with E-state index in [1.54, 1.807) is 0 Å². The lowest BCUT2D eigenvalue weighted by Crippen LogP contribution is -2.41. The highest BCUT2D eigenvalue weighted by Gasteiger charge is 2.11. The number of aromatic carboxylic acids is 1. The Hall–Kier alpha value is -2.07. The van der Waals surface area contributed by atoms with Crippen LogP contribution in [-0.2, 0) is 6.54 Å². The predicted octanol–water partition coefficient (Wildman–Crippen LogP) is 1.44. The summed E-state index contributed by atoms with van der Waals surface area (Å²) < 4.78 is 0. The molecule has 2 amide bonds. The number of thiazole rings is 1. The van der Waals surface area contributed by atoms with Crippen molar-refractivity contribution in [1.29, 1.82) is 0 Å². The van der Waals surface area contributed by atoms with E-state index in [-0.39, 0.29) is 24.3 Å². The molecule has 7 heteroatoms. The minimum absolute atomic E-state index is 0.0130. The normalized spacial score (nSPS) is 11.4. The maximum atomic E-state index is 11.6. The number of carbonyl (C=O) groups is 2. The minimum Gasteiger partial charge on any atom is -0.476 e. The van der Waals surface area contributed by atoms with Crippen molar-refractivity contribution in [2.45, 2.75) is 32.4 Å². The minimum atomic E-state index is -1.08. The van der Waals surface area contributed by atoms with E-state index in [1.807, 2.05) is 6.92 Å². The molecular weight excluding hydrogens is 266 g/mol. The van der Waals surface area contributed by atoms with Crippen molar-refractivity contribution in [3.8, 4) is 12.3 Å². The molecule has 1 aromatic heterocycles. The van der Waals surface area contributed by atoms with E-state index in [2.05, 4.69) is 21.5 Å². The van der Waals surface area contributed by atoms with Crippen molar-refractivity contribution < 1.29 is 14.7 Å². The third-order valence-electron chi connectivity index (χ3n) is 2.36. The van der Waals surface area contributed by atoms with Crippen LogP contribution >= 0.6 is 11.3 Å². The lowest BCUT2D eigenvalue weighted by Gasteiger charge is -2.14. The highest BCUT2D eigenvalue weighted by molar-refractivity contribution is 7.09. The molecule has 0 aliphatic rings. The number of carbonyl (C=O) groups excluding carboxylic acids is 1. The van der Waals surface area contributed by atoms with Crippen molar-refractivity contribution in [3.05, 3.63) is 16.1 Å². The van der Waals surface area contributed by atoms with E-state index in [0.717, 1.165) is 6.42 Å². The van der Waals surface area contributed by atoms with Gasteiger partial charge in [0.15, 0.2) is 5.69 Å². The first-order valence-corrected chi connectivity index (χ1v) is 6.60. The molecule has 0 aromatic carbocycles. The highest BCUT2D eigenvalue weighted by atomic mass is 32.1. The van der Waals surface area contributed by atoms with Crippen LogP contribution in [0.5, 0.6) is 0 Å². The molecule has 0 saturated carbocycles. The number of terminal acetylenes is 1. The van der Waals surface area contributed by atoms with Crippen molar-refractivity contribution >= 4 is 23.3 Å². The number of carboxylic acids is 1. The van der Waals surface area contributed by atoms with Gasteiger partial charge in [-0.25, -0.2) is 14.6 Å². The van der Waals surface area contributed by atoms with Gasteiger partial charge >= 0.3 is 12.0 Å². The molecule has 1 aromatic rings. The number of urea groups is 1. The fraction of sp³-hybridized carbons (Fsp3) is 0.417. The summed E-state index contributed by atoms with van der Waals surface area (Å²) in [4.78, 5) is 26.1. The van der Waals surface area contributed by atoms with Crippen LogP contribution in [0.4, 0.5) is 4.79 Å². The summed E-state index contributed by atoms with van der Waals surface area (Å²) in [7, 11) is 0. The Kier molecular flexibility index (Phi) is 5.82. The molecule has 1 heterocycles. The maximum Gasteiger partial charge on any atom is 0.355 e. The first kappa shape index (κ1) is 15.0. The van der Waals surface area contributed by atoms with E-state index in [0.29, 0.717) is 11.4 Å². The van der Waals surface area contributed by atoms with Crippen molar-refractivity contribution in [3.63, 3.8) is 0 Å². The lowest BCUT2D eigenvalue weighted by atomic mass is 10.2. The molecule has 1 rings (SSSR count). The predicted molar refractivity (Wildman–Crippen MR) is 72.0 cm³/mol. The van der Waals surface area contributed by atoms with Gasteiger partial charge < -0.3 is 15.7 Å². The Labute approximate surface area is 115 Å². The van der Waals surface area contributed by atoms with Gasteiger partial charge in [0.25, 0.3) is 0 Å². The number of hydrogen-bond acceptors (Lipinski definition) is 4. The Balaban J connectivity index is 2.41. The standard InChI is InChI=1S/C12H15N3O3S/c1-3-5-8(4-2)14-12(18)13-6-10-15-9(7-19-10)11(16)17/h1,7-8H,4-6H2,2H3,(H,16,17)(H2,13,14,18). The third-order valence-corrected chi connectivity index (χ3v) is 3.21. The molecule has 6 nitrogen and oxygen atoms in total.